The van der Waals surface area contributed by atoms with E-state index in [-0.39, 0.29) is 12.4 Å². The van der Waals surface area contributed by atoms with E-state index in [4.69, 9.17) is 8.92 Å². The van der Waals surface area contributed by atoms with Crippen molar-refractivity contribution in [2.24, 2.45) is 0 Å². The Balaban J connectivity index is 0.00000243. The third kappa shape index (κ3) is 5.30. The van der Waals surface area contributed by atoms with Crippen molar-refractivity contribution >= 4 is 24.4 Å². The van der Waals surface area contributed by atoms with Crippen LogP contribution in [0.2, 0.25) is 0 Å². The Morgan fingerprint density at radius 2 is 2.00 bits per heavy atom. The molecule has 142 valence electrons. The number of benzene rings is 2. The first-order valence-corrected chi connectivity index (χ1v) is 9.86. The van der Waals surface area contributed by atoms with E-state index in [9.17, 15) is 0 Å². The normalized spacial score (nSPS) is 19.5. The summed E-state index contributed by atoms with van der Waals surface area (Å²) in [5.41, 5.74) is 2.46. The van der Waals surface area contributed by atoms with E-state index in [0.29, 0.717) is 12.1 Å². The third-order valence-electron chi connectivity index (χ3n) is 4.60. The number of piperidine rings is 1. The number of nitrogens with one attached hydrogen (secondary N) is 2. The fourth-order valence-corrected chi connectivity index (χ4v) is 3.70. The van der Waals surface area contributed by atoms with Crippen molar-refractivity contribution in [1.82, 2.24) is 10.6 Å². The summed E-state index contributed by atoms with van der Waals surface area (Å²) >= 11 is 1.35. The van der Waals surface area contributed by atoms with Crippen LogP contribution in [-0.2, 0) is 6.54 Å². The van der Waals surface area contributed by atoms with Gasteiger partial charge in [0.1, 0.15) is 11.5 Å². The molecule has 0 amide bonds. The molecule has 2 aromatic carbocycles. The Bertz CT molecular complexity index is 672. The zero-order chi connectivity index (χ0) is 17.5. The van der Waals surface area contributed by atoms with Crippen LogP contribution in [0, 0.1) is 0 Å². The predicted molar refractivity (Wildman–Crippen MR) is 111 cm³/mol. The van der Waals surface area contributed by atoms with Crippen LogP contribution in [0.3, 0.4) is 0 Å². The number of hydrogen-bond donors (Lipinski definition) is 2. The summed E-state index contributed by atoms with van der Waals surface area (Å²) < 4.78 is 11.1. The molecule has 6 heteroatoms. The first-order valence-electron chi connectivity index (χ1n) is 8.71. The predicted octanol–water partition coefficient (Wildman–Crippen LogP) is 4.36. The zero-order valence-electron chi connectivity index (χ0n) is 15.2. The second kappa shape index (κ2) is 10.7. The van der Waals surface area contributed by atoms with E-state index in [1.54, 1.807) is 7.11 Å². The number of rotatable bonds is 7. The van der Waals surface area contributed by atoms with Gasteiger partial charge < -0.3 is 19.6 Å². The maximum atomic E-state index is 5.55. The average Bonchev–Trinajstić information content (AvgIpc) is 2.68. The average molecular weight is 395 g/mol. The highest BCUT2D eigenvalue weighted by Gasteiger charge is 2.25. The van der Waals surface area contributed by atoms with Gasteiger partial charge in [-0.25, -0.2) is 0 Å². The third-order valence-corrected chi connectivity index (χ3v) is 4.96. The van der Waals surface area contributed by atoms with Crippen molar-refractivity contribution in [3.8, 4) is 11.5 Å². The van der Waals surface area contributed by atoms with E-state index in [0.717, 1.165) is 36.6 Å². The van der Waals surface area contributed by atoms with Crippen molar-refractivity contribution < 1.29 is 8.92 Å². The maximum absolute atomic E-state index is 5.55. The summed E-state index contributed by atoms with van der Waals surface area (Å²) in [7, 11) is 1.71. The van der Waals surface area contributed by atoms with Gasteiger partial charge in [0.2, 0.25) is 0 Å². The largest absolute Gasteiger partial charge is 0.496 e. The summed E-state index contributed by atoms with van der Waals surface area (Å²) in [6, 6.07) is 17.4. The molecule has 4 nitrogen and oxygen atoms in total. The van der Waals surface area contributed by atoms with Crippen LogP contribution in [0.1, 0.15) is 30.0 Å². The van der Waals surface area contributed by atoms with Gasteiger partial charge in [0.05, 0.1) is 19.2 Å². The lowest BCUT2D eigenvalue weighted by Gasteiger charge is -2.34. The minimum absolute atomic E-state index is 0. The molecule has 0 radical (unpaired) electrons. The molecule has 0 saturated carbocycles. The summed E-state index contributed by atoms with van der Waals surface area (Å²) in [4.78, 5) is 0. The number of ether oxygens (including phenoxy) is 1. The SMILES string of the molecule is COc1ccc(OSC)cc1CN[C@H]1CCCN[C@H]1c1ccccc1.Cl. The Labute approximate surface area is 166 Å². The summed E-state index contributed by atoms with van der Waals surface area (Å²) in [6.45, 7) is 1.82. The first-order chi connectivity index (χ1) is 12.3. The van der Waals surface area contributed by atoms with E-state index >= 15 is 0 Å². The van der Waals surface area contributed by atoms with Crippen LogP contribution in [-0.4, -0.2) is 26.0 Å². The monoisotopic (exact) mass is 394 g/mol. The first kappa shape index (κ1) is 20.9. The number of halogens is 1. The van der Waals surface area contributed by atoms with Crippen LogP contribution in [0.25, 0.3) is 0 Å². The maximum Gasteiger partial charge on any atom is 0.137 e. The lowest BCUT2D eigenvalue weighted by Crippen LogP contribution is -2.45. The molecule has 1 aliphatic heterocycles. The molecule has 1 fully saturated rings. The quantitative estimate of drug-likeness (QED) is 0.683. The van der Waals surface area contributed by atoms with Gasteiger partial charge in [0, 0.05) is 30.4 Å². The van der Waals surface area contributed by atoms with Gasteiger partial charge in [-0.3, -0.25) is 0 Å². The van der Waals surface area contributed by atoms with E-state index in [1.807, 2.05) is 18.4 Å². The van der Waals surface area contributed by atoms with Crippen molar-refractivity contribution in [3.05, 3.63) is 59.7 Å². The molecule has 2 N–H and O–H groups in total. The Morgan fingerprint density at radius 1 is 1.19 bits per heavy atom. The molecule has 26 heavy (non-hydrogen) atoms. The Kier molecular flexibility index (Phi) is 8.59. The zero-order valence-corrected chi connectivity index (χ0v) is 16.9. The van der Waals surface area contributed by atoms with Crippen molar-refractivity contribution in [2.75, 3.05) is 19.9 Å². The van der Waals surface area contributed by atoms with E-state index in [1.165, 1.54) is 24.0 Å². The van der Waals surface area contributed by atoms with E-state index < -0.39 is 0 Å². The van der Waals surface area contributed by atoms with Gasteiger partial charge in [-0.15, -0.1) is 12.4 Å². The Hall–Kier alpha value is -1.40. The molecule has 0 bridgehead atoms. The topological polar surface area (TPSA) is 42.5 Å². The lowest BCUT2D eigenvalue weighted by molar-refractivity contribution is 0.302. The molecule has 1 saturated heterocycles. The highest BCUT2D eigenvalue weighted by molar-refractivity contribution is 7.94. The number of methoxy groups -OCH3 is 1. The molecular weight excluding hydrogens is 368 g/mol. The fourth-order valence-electron chi connectivity index (χ4n) is 3.40. The minimum Gasteiger partial charge on any atom is -0.496 e. The number of hydrogen-bond acceptors (Lipinski definition) is 5. The standard InChI is InChI=1S/C20H26N2O2S.ClH/c1-23-19-11-10-17(24-25-2)13-16(19)14-22-18-9-6-12-21-20(18)15-7-4-3-5-8-15;/h3-5,7-8,10-11,13,18,20-22H,6,9,12,14H2,1-2H3;1H/t18-,20-;/m0./s1. The van der Waals surface area contributed by atoms with Gasteiger partial charge in [-0.1, -0.05) is 30.3 Å². The molecule has 0 aromatic heterocycles. The minimum atomic E-state index is 0. The van der Waals surface area contributed by atoms with Crippen LogP contribution in [0.5, 0.6) is 11.5 Å². The molecule has 1 heterocycles. The second-order valence-electron chi connectivity index (χ2n) is 6.20. The smallest absolute Gasteiger partial charge is 0.137 e. The molecular formula is C20H27ClN2O2S. The Morgan fingerprint density at radius 3 is 2.73 bits per heavy atom. The molecule has 3 rings (SSSR count). The molecule has 0 unspecified atom stereocenters. The highest BCUT2D eigenvalue weighted by Crippen LogP contribution is 2.28. The van der Waals surface area contributed by atoms with Crippen LogP contribution in [0.4, 0.5) is 0 Å². The summed E-state index contributed by atoms with van der Waals surface area (Å²) in [6.07, 6.45) is 4.27. The van der Waals surface area contributed by atoms with Crippen molar-refractivity contribution in [1.29, 1.82) is 0 Å². The highest BCUT2D eigenvalue weighted by atomic mass is 35.5. The van der Waals surface area contributed by atoms with Crippen molar-refractivity contribution in [3.63, 3.8) is 0 Å². The van der Waals surface area contributed by atoms with Gasteiger partial charge >= 0.3 is 0 Å². The second-order valence-corrected chi connectivity index (χ2v) is 6.70. The van der Waals surface area contributed by atoms with Crippen LogP contribution < -0.4 is 19.6 Å². The summed E-state index contributed by atoms with van der Waals surface area (Å²) in [5.74, 6) is 1.74. The lowest BCUT2D eigenvalue weighted by atomic mass is 9.92. The van der Waals surface area contributed by atoms with Crippen molar-refractivity contribution in [2.45, 2.75) is 31.5 Å². The molecule has 0 aliphatic carbocycles. The molecule has 2 atom stereocenters. The van der Waals surface area contributed by atoms with Crippen LogP contribution >= 0.6 is 24.4 Å². The van der Waals surface area contributed by atoms with E-state index in [2.05, 4.69) is 47.0 Å². The molecule has 2 aromatic rings. The van der Waals surface area contributed by atoms with Crippen LogP contribution in [0.15, 0.2) is 48.5 Å². The van der Waals surface area contributed by atoms with Gasteiger partial charge in [-0.05, 0) is 43.1 Å². The fraction of sp³-hybridized carbons (Fsp3) is 0.400. The van der Waals surface area contributed by atoms with Gasteiger partial charge in [0.25, 0.3) is 0 Å². The van der Waals surface area contributed by atoms with Gasteiger partial charge in [-0.2, -0.15) is 0 Å². The molecule has 1 aliphatic rings. The summed E-state index contributed by atoms with van der Waals surface area (Å²) in [5, 5.41) is 7.39. The molecule has 0 spiro atoms. The van der Waals surface area contributed by atoms with Gasteiger partial charge in [0.15, 0.2) is 0 Å².